The van der Waals surface area contributed by atoms with Crippen molar-refractivity contribution in [3.8, 4) is 11.5 Å². The standard InChI is InChI=1S/C31H32N4O4/c1-31(2,3)39-30(36)32-23-12-13-24-25(19-23)33-28(15-11-22-10-14-26-27(18-22)38-20-37-26)34-29(24)35(4)17-16-21-8-6-5-7-9-21/h5-15,18-19H,16-17,20H2,1-4H3,(H,32,36)/b15-11+. The van der Waals surface area contributed by atoms with Gasteiger partial charge in [-0.2, -0.15) is 0 Å². The minimum absolute atomic E-state index is 0.231. The zero-order valence-electron chi connectivity index (χ0n) is 22.6. The SMILES string of the molecule is CN(CCc1ccccc1)c1nc(/C=C/c2ccc3c(c2)OCO3)nc2cc(NC(=O)OC(C)(C)C)ccc12. The fraction of sp³-hybridized carbons (Fsp3) is 0.258. The molecule has 39 heavy (non-hydrogen) atoms. The van der Waals surface area contributed by atoms with Crippen molar-refractivity contribution in [2.24, 2.45) is 0 Å². The largest absolute Gasteiger partial charge is 0.454 e. The van der Waals surface area contributed by atoms with Gasteiger partial charge in [-0.25, -0.2) is 14.8 Å². The van der Waals surface area contributed by atoms with Crippen molar-refractivity contribution >= 4 is 40.7 Å². The number of aromatic nitrogens is 2. The van der Waals surface area contributed by atoms with Crippen LogP contribution in [0.15, 0.2) is 66.7 Å². The predicted octanol–water partition coefficient (Wildman–Crippen LogP) is 6.55. The highest BCUT2D eigenvalue weighted by Gasteiger charge is 2.18. The van der Waals surface area contributed by atoms with E-state index in [1.807, 2.05) is 94.6 Å². The molecule has 0 spiro atoms. The van der Waals surface area contributed by atoms with Gasteiger partial charge in [0.25, 0.3) is 0 Å². The molecule has 0 bridgehead atoms. The van der Waals surface area contributed by atoms with Crippen molar-refractivity contribution in [1.29, 1.82) is 0 Å². The number of hydrogen-bond donors (Lipinski definition) is 1. The number of anilines is 2. The number of nitrogens with one attached hydrogen (secondary N) is 1. The van der Waals surface area contributed by atoms with E-state index in [0.29, 0.717) is 17.0 Å². The van der Waals surface area contributed by atoms with E-state index in [2.05, 4.69) is 22.3 Å². The number of benzene rings is 3. The summed E-state index contributed by atoms with van der Waals surface area (Å²) in [5.41, 5.74) is 2.92. The Morgan fingerprint density at radius 3 is 2.59 bits per heavy atom. The molecule has 0 fully saturated rings. The maximum atomic E-state index is 12.4. The van der Waals surface area contributed by atoms with Crippen LogP contribution in [0.2, 0.25) is 0 Å². The second kappa shape index (κ2) is 11.0. The molecule has 1 aromatic heterocycles. The predicted molar refractivity (Wildman–Crippen MR) is 154 cm³/mol. The molecule has 0 radical (unpaired) electrons. The molecule has 0 unspecified atom stereocenters. The Kier molecular flexibility index (Phi) is 7.36. The molecule has 0 aliphatic carbocycles. The molecular formula is C31H32N4O4. The number of hydrogen-bond acceptors (Lipinski definition) is 7. The number of fused-ring (bicyclic) bond motifs is 2. The first-order chi connectivity index (χ1) is 18.7. The van der Waals surface area contributed by atoms with Crippen molar-refractivity contribution in [3.05, 3.63) is 83.7 Å². The summed E-state index contributed by atoms with van der Waals surface area (Å²) in [6.45, 7) is 6.50. The average Bonchev–Trinajstić information content (AvgIpc) is 3.37. The lowest BCUT2D eigenvalue weighted by atomic mass is 10.1. The summed E-state index contributed by atoms with van der Waals surface area (Å²) < 4.78 is 16.3. The Balaban J connectivity index is 1.46. The van der Waals surface area contributed by atoms with Gasteiger partial charge in [0, 0.05) is 24.7 Å². The number of carbonyl (C=O) groups excluding carboxylic acids is 1. The minimum Gasteiger partial charge on any atom is -0.454 e. The van der Waals surface area contributed by atoms with Crippen LogP contribution < -0.4 is 19.7 Å². The molecule has 1 N–H and O–H groups in total. The molecule has 8 heteroatoms. The maximum Gasteiger partial charge on any atom is 0.412 e. The molecule has 1 aliphatic heterocycles. The van der Waals surface area contributed by atoms with E-state index in [1.54, 1.807) is 0 Å². The first-order valence-corrected chi connectivity index (χ1v) is 12.9. The van der Waals surface area contributed by atoms with E-state index in [-0.39, 0.29) is 6.79 Å². The van der Waals surface area contributed by atoms with Crippen LogP contribution in [0, 0.1) is 0 Å². The molecule has 3 aromatic carbocycles. The highest BCUT2D eigenvalue weighted by Crippen LogP contribution is 2.33. The summed E-state index contributed by atoms with van der Waals surface area (Å²) in [6, 6.07) is 21.8. The normalized spacial score (nSPS) is 12.6. The summed E-state index contributed by atoms with van der Waals surface area (Å²) in [7, 11) is 2.03. The number of nitrogens with zero attached hydrogens (tertiary/aromatic N) is 3. The number of amides is 1. The quantitative estimate of drug-likeness (QED) is 0.293. The monoisotopic (exact) mass is 524 g/mol. The van der Waals surface area contributed by atoms with E-state index >= 15 is 0 Å². The lowest BCUT2D eigenvalue weighted by Crippen LogP contribution is -2.27. The summed E-state index contributed by atoms with van der Waals surface area (Å²) in [5.74, 6) is 2.82. The third kappa shape index (κ3) is 6.65. The zero-order chi connectivity index (χ0) is 27.4. The van der Waals surface area contributed by atoms with E-state index in [9.17, 15) is 4.79 Å². The van der Waals surface area contributed by atoms with Crippen molar-refractivity contribution < 1.29 is 19.0 Å². The number of likely N-dealkylation sites (N-methyl/N-ethyl adjacent to an activating group) is 1. The molecule has 200 valence electrons. The Bertz CT molecular complexity index is 1510. The van der Waals surface area contributed by atoms with Gasteiger partial charge >= 0.3 is 6.09 Å². The fourth-order valence-electron chi connectivity index (χ4n) is 4.23. The highest BCUT2D eigenvalue weighted by molar-refractivity contribution is 5.95. The van der Waals surface area contributed by atoms with Crippen molar-refractivity contribution in [3.63, 3.8) is 0 Å². The Morgan fingerprint density at radius 1 is 1.00 bits per heavy atom. The lowest BCUT2D eigenvalue weighted by molar-refractivity contribution is 0.0636. The van der Waals surface area contributed by atoms with E-state index in [1.165, 1.54) is 5.56 Å². The van der Waals surface area contributed by atoms with Crippen LogP contribution in [0.4, 0.5) is 16.3 Å². The zero-order valence-corrected chi connectivity index (χ0v) is 22.6. The average molecular weight is 525 g/mol. The second-order valence-corrected chi connectivity index (χ2v) is 10.4. The van der Waals surface area contributed by atoms with Crippen LogP contribution in [0.25, 0.3) is 23.1 Å². The highest BCUT2D eigenvalue weighted by atomic mass is 16.7. The molecule has 4 aromatic rings. The van der Waals surface area contributed by atoms with Gasteiger partial charge in [0.1, 0.15) is 11.4 Å². The fourth-order valence-corrected chi connectivity index (χ4v) is 4.23. The number of rotatable bonds is 7. The molecular weight excluding hydrogens is 492 g/mol. The van der Waals surface area contributed by atoms with Gasteiger partial charge in [-0.3, -0.25) is 5.32 Å². The second-order valence-electron chi connectivity index (χ2n) is 10.4. The molecule has 0 saturated heterocycles. The molecule has 1 amide bonds. The topological polar surface area (TPSA) is 85.8 Å². The Labute approximate surface area is 228 Å². The van der Waals surface area contributed by atoms with Gasteiger partial charge in [0.2, 0.25) is 6.79 Å². The maximum absolute atomic E-state index is 12.4. The van der Waals surface area contributed by atoms with E-state index in [4.69, 9.17) is 24.2 Å². The smallest absolute Gasteiger partial charge is 0.412 e. The van der Waals surface area contributed by atoms with Gasteiger partial charge < -0.3 is 19.1 Å². The Hall–Kier alpha value is -4.59. The van der Waals surface area contributed by atoms with Crippen LogP contribution in [0.1, 0.15) is 37.7 Å². The number of ether oxygens (including phenoxy) is 3. The first-order valence-electron chi connectivity index (χ1n) is 12.9. The van der Waals surface area contributed by atoms with Gasteiger partial charge in [-0.05, 0) is 74.7 Å². The molecule has 2 heterocycles. The molecule has 0 saturated carbocycles. The minimum atomic E-state index is -0.593. The van der Waals surface area contributed by atoms with Gasteiger partial charge in [0.15, 0.2) is 17.3 Å². The van der Waals surface area contributed by atoms with Gasteiger partial charge in [-0.15, -0.1) is 0 Å². The molecule has 8 nitrogen and oxygen atoms in total. The first kappa shape index (κ1) is 26.0. The molecule has 5 rings (SSSR count). The van der Waals surface area contributed by atoms with E-state index in [0.717, 1.165) is 41.2 Å². The molecule has 0 atom stereocenters. The van der Waals surface area contributed by atoms with E-state index < -0.39 is 11.7 Å². The van der Waals surface area contributed by atoms with Crippen molar-refractivity contribution in [2.45, 2.75) is 32.8 Å². The van der Waals surface area contributed by atoms with Crippen LogP contribution in [-0.2, 0) is 11.2 Å². The van der Waals surface area contributed by atoms with Crippen molar-refractivity contribution in [2.75, 3.05) is 30.6 Å². The third-order valence-electron chi connectivity index (χ3n) is 6.10. The molecule has 1 aliphatic rings. The van der Waals surface area contributed by atoms with Crippen LogP contribution in [-0.4, -0.2) is 42.0 Å². The van der Waals surface area contributed by atoms with Gasteiger partial charge in [0.05, 0.1) is 5.52 Å². The van der Waals surface area contributed by atoms with Gasteiger partial charge in [-0.1, -0.05) is 42.5 Å². The lowest BCUT2D eigenvalue weighted by Gasteiger charge is -2.21. The third-order valence-corrected chi connectivity index (χ3v) is 6.10. The Morgan fingerprint density at radius 2 is 1.79 bits per heavy atom. The van der Waals surface area contributed by atoms with Crippen LogP contribution in [0.3, 0.4) is 0 Å². The van der Waals surface area contributed by atoms with Crippen molar-refractivity contribution in [1.82, 2.24) is 9.97 Å². The summed E-state index contributed by atoms with van der Waals surface area (Å²) in [5, 5.41) is 3.70. The summed E-state index contributed by atoms with van der Waals surface area (Å²) in [4.78, 5) is 24.2. The summed E-state index contributed by atoms with van der Waals surface area (Å²) >= 11 is 0. The van der Waals surface area contributed by atoms with Crippen LogP contribution >= 0.6 is 0 Å². The summed E-state index contributed by atoms with van der Waals surface area (Å²) in [6.07, 6.45) is 4.18. The number of carbonyl (C=O) groups is 1. The van der Waals surface area contributed by atoms with Crippen LogP contribution in [0.5, 0.6) is 11.5 Å².